The Balaban J connectivity index is 2.35. The molecule has 0 atom stereocenters. The molecule has 0 heterocycles. The number of hydrogen-bond acceptors (Lipinski definition) is 2. The molecule has 0 unspecified atom stereocenters. The first-order chi connectivity index (χ1) is 9.28. The van der Waals surface area contributed by atoms with Crippen molar-refractivity contribution < 1.29 is 4.74 Å². The Kier molecular flexibility index (Phi) is 4.36. The lowest BCUT2D eigenvalue weighted by Crippen LogP contribution is -2.53. The van der Waals surface area contributed by atoms with E-state index in [-0.39, 0.29) is 5.41 Å². The van der Waals surface area contributed by atoms with Crippen LogP contribution in [-0.2, 0) is 5.41 Å². The van der Waals surface area contributed by atoms with Crippen molar-refractivity contribution in [2.45, 2.75) is 52.0 Å². The van der Waals surface area contributed by atoms with Crippen LogP contribution in [0.1, 0.15) is 46.1 Å². The zero-order chi connectivity index (χ0) is 15.0. The summed E-state index contributed by atoms with van der Waals surface area (Å²) >= 11 is 6.22. The smallest absolute Gasteiger partial charge is 0.122 e. The summed E-state index contributed by atoms with van der Waals surface area (Å²) in [5, 5.41) is 4.38. The zero-order valence-corrected chi connectivity index (χ0v) is 14.0. The van der Waals surface area contributed by atoms with Crippen LogP contribution in [0.4, 0.5) is 0 Å². The van der Waals surface area contributed by atoms with Crippen molar-refractivity contribution in [3.8, 4) is 5.75 Å². The number of ether oxygens (including phenoxy) is 1. The second kappa shape index (κ2) is 5.57. The predicted octanol–water partition coefficient (Wildman–Crippen LogP) is 4.40. The van der Waals surface area contributed by atoms with Gasteiger partial charge in [-0.05, 0) is 36.5 Å². The summed E-state index contributed by atoms with van der Waals surface area (Å²) in [7, 11) is 1.74. The third-order valence-corrected chi connectivity index (χ3v) is 4.45. The van der Waals surface area contributed by atoms with Gasteiger partial charge >= 0.3 is 0 Å². The molecule has 112 valence electrons. The van der Waals surface area contributed by atoms with Gasteiger partial charge in [0.1, 0.15) is 5.75 Å². The first kappa shape index (κ1) is 15.7. The van der Waals surface area contributed by atoms with Crippen molar-refractivity contribution in [1.82, 2.24) is 5.32 Å². The highest BCUT2D eigenvalue weighted by Crippen LogP contribution is 2.57. The van der Waals surface area contributed by atoms with Crippen molar-refractivity contribution in [3.05, 3.63) is 28.8 Å². The fourth-order valence-electron chi connectivity index (χ4n) is 3.69. The highest BCUT2D eigenvalue weighted by Gasteiger charge is 2.51. The Morgan fingerprint density at radius 1 is 1.30 bits per heavy atom. The van der Waals surface area contributed by atoms with Crippen molar-refractivity contribution in [2.24, 2.45) is 5.41 Å². The quantitative estimate of drug-likeness (QED) is 0.869. The number of halogens is 1. The van der Waals surface area contributed by atoms with Gasteiger partial charge in [0.25, 0.3) is 0 Å². The molecular weight excluding hydrogens is 270 g/mol. The Morgan fingerprint density at radius 2 is 1.95 bits per heavy atom. The summed E-state index contributed by atoms with van der Waals surface area (Å²) in [6.45, 7) is 10.0. The van der Waals surface area contributed by atoms with Crippen molar-refractivity contribution in [3.63, 3.8) is 0 Å². The molecule has 1 saturated carbocycles. The van der Waals surface area contributed by atoms with Crippen LogP contribution in [0, 0.1) is 5.41 Å². The van der Waals surface area contributed by atoms with E-state index in [9.17, 15) is 0 Å². The van der Waals surface area contributed by atoms with E-state index < -0.39 is 0 Å². The van der Waals surface area contributed by atoms with E-state index in [1.165, 1.54) is 5.56 Å². The largest absolute Gasteiger partial charge is 0.496 e. The number of rotatable bonds is 5. The molecule has 0 radical (unpaired) electrons. The van der Waals surface area contributed by atoms with Crippen molar-refractivity contribution in [2.75, 3.05) is 13.7 Å². The molecule has 1 aliphatic rings. The third kappa shape index (κ3) is 3.12. The van der Waals surface area contributed by atoms with E-state index in [2.05, 4.69) is 39.1 Å². The Labute approximate surface area is 127 Å². The topological polar surface area (TPSA) is 21.3 Å². The minimum Gasteiger partial charge on any atom is -0.496 e. The number of methoxy groups -OCH3 is 1. The van der Waals surface area contributed by atoms with Gasteiger partial charge in [0.2, 0.25) is 0 Å². The van der Waals surface area contributed by atoms with Gasteiger partial charge in [-0.2, -0.15) is 0 Å². The van der Waals surface area contributed by atoms with Gasteiger partial charge in [0.15, 0.2) is 0 Å². The van der Waals surface area contributed by atoms with E-state index in [4.69, 9.17) is 16.3 Å². The summed E-state index contributed by atoms with van der Waals surface area (Å²) in [4.78, 5) is 0. The molecule has 2 nitrogen and oxygen atoms in total. The number of hydrogen-bond donors (Lipinski definition) is 1. The van der Waals surface area contributed by atoms with Gasteiger partial charge in [-0.25, -0.2) is 0 Å². The molecule has 3 heteroatoms. The lowest BCUT2D eigenvalue weighted by atomic mass is 9.51. The molecule has 1 aromatic carbocycles. The molecule has 2 rings (SSSR count). The minimum absolute atomic E-state index is 0.143. The van der Waals surface area contributed by atoms with Crippen LogP contribution in [0.25, 0.3) is 0 Å². The van der Waals surface area contributed by atoms with Crippen LogP contribution >= 0.6 is 11.6 Å². The van der Waals surface area contributed by atoms with Crippen LogP contribution in [0.3, 0.4) is 0 Å². The SMILES string of the molecule is COc1ccc(Cl)cc1C1(CNC(C)C)CC(C)(C)C1. The molecule has 0 aromatic heterocycles. The first-order valence-electron chi connectivity index (χ1n) is 7.35. The molecule has 1 N–H and O–H groups in total. The van der Waals surface area contributed by atoms with Gasteiger partial charge in [-0.15, -0.1) is 0 Å². The minimum atomic E-state index is 0.143. The standard InChI is InChI=1S/C17H26ClNO/c1-12(2)19-11-17(9-16(3,4)10-17)14-8-13(18)6-7-15(14)20-5/h6-8,12,19H,9-11H2,1-5H3. The normalized spacial score (nSPS) is 19.8. The molecular formula is C17H26ClNO. The van der Waals surface area contributed by atoms with E-state index in [0.29, 0.717) is 11.5 Å². The molecule has 1 aromatic rings. The van der Waals surface area contributed by atoms with E-state index >= 15 is 0 Å². The number of benzene rings is 1. The van der Waals surface area contributed by atoms with Gasteiger partial charge in [-0.1, -0.05) is 39.3 Å². The van der Waals surface area contributed by atoms with E-state index in [1.54, 1.807) is 7.11 Å². The molecule has 1 fully saturated rings. The van der Waals surface area contributed by atoms with Crippen LogP contribution in [0.5, 0.6) is 5.75 Å². The Hall–Kier alpha value is -0.730. The van der Waals surface area contributed by atoms with Crippen LogP contribution in [0.2, 0.25) is 5.02 Å². The zero-order valence-electron chi connectivity index (χ0n) is 13.2. The summed E-state index contributed by atoms with van der Waals surface area (Å²) in [6, 6.07) is 6.45. The lowest BCUT2D eigenvalue weighted by Gasteiger charge is -2.54. The van der Waals surface area contributed by atoms with Crippen LogP contribution in [0.15, 0.2) is 18.2 Å². The average Bonchev–Trinajstić information content (AvgIpc) is 2.33. The Bertz CT molecular complexity index is 474. The molecule has 0 amide bonds. The van der Waals surface area contributed by atoms with Gasteiger partial charge < -0.3 is 10.1 Å². The maximum atomic E-state index is 6.22. The van der Waals surface area contributed by atoms with Gasteiger partial charge in [0, 0.05) is 28.6 Å². The maximum absolute atomic E-state index is 6.22. The fourth-order valence-corrected chi connectivity index (χ4v) is 3.86. The van der Waals surface area contributed by atoms with Crippen molar-refractivity contribution >= 4 is 11.6 Å². The van der Waals surface area contributed by atoms with E-state index in [0.717, 1.165) is 30.2 Å². The summed E-state index contributed by atoms with van der Waals surface area (Å²) in [6.07, 6.45) is 2.33. The van der Waals surface area contributed by atoms with Crippen LogP contribution in [-0.4, -0.2) is 19.7 Å². The second-order valence-electron chi connectivity index (χ2n) is 7.18. The van der Waals surface area contributed by atoms with Gasteiger partial charge in [0.05, 0.1) is 7.11 Å². The monoisotopic (exact) mass is 295 g/mol. The van der Waals surface area contributed by atoms with Crippen molar-refractivity contribution in [1.29, 1.82) is 0 Å². The summed E-state index contributed by atoms with van der Waals surface area (Å²) in [5.74, 6) is 0.954. The molecule has 0 aliphatic heterocycles. The summed E-state index contributed by atoms with van der Waals surface area (Å²) < 4.78 is 5.57. The number of nitrogens with one attached hydrogen (secondary N) is 1. The average molecular weight is 296 g/mol. The molecule has 0 spiro atoms. The fraction of sp³-hybridized carbons (Fsp3) is 0.647. The maximum Gasteiger partial charge on any atom is 0.122 e. The predicted molar refractivity (Wildman–Crippen MR) is 85.8 cm³/mol. The molecule has 0 bridgehead atoms. The molecule has 1 aliphatic carbocycles. The van der Waals surface area contributed by atoms with Crippen LogP contribution < -0.4 is 10.1 Å². The molecule has 0 saturated heterocycles. The Morgan fingerprint density at radius 3 is 2.45 bits per heavy atom. The first-order valence-corrected chi connectivity index (χ1v) is 7.73. The third-order valence-electron chi connectivity index (χ3n) is 4.22. The van der Waals surface area contributed by atoms with E-state index in [1.807, 2.05) is 12.1 Å². The lowest BCUT2D eigenvalue weighted by molar-refractivity contribution is 0.0529. The highest BCUT2D eigenvalue weighted by molar-refractivity contribution is 6.30. The highest BCUT2D eigenvalue weighted by atomic mass is 35.5. The molecule has 20 heavy (non-hydrogen) atoms. The van der Waals surface area contributed by atoms with Gasteiger partial charge in [-0.3, -0.25) is 0 Å². The summed E-state index contributed by atoms with van der Waals surface area (Å²) in [5.41, 5.74) is 1.79. The second-order valence-corrected chi connectivity index (χ2v) is 7.61.